The molecular formula is C22H26N2O2. The molecular weight excluding hydrogens is 324 g/mol. The first-order valence-corrected chi connectivity index (χ1v) is 9.57. The minimum absolute atomic E-state index is 0.0791. The molecule has 0 radical (unpaired) electrons. The second kappa shape index (κ2) is 7.92. The third-order valence-corrected chi connectivity index (χ3v) is 5.41. The van der Waals surface area contributed by atoms with Gasteiger partial charge in [-0.15, -0.1) is 0 Å². The molecule has 1 N–H and O–H groups in total. The van der Waals surface area contributed by atoms with Gasteiger partial charge in [0.2, 0.25) is 5.91 Å². The predicted octanol–water partition coefficient (Wildman–Crippen LogP) is 3.15. The Labute approximate surface area is 155 Å². The van der Waals surface area contributed by atoms with Crippen LogP contribution < -0.4 is 10.1 Å². The van der Waals surface area contributed by atoms with Gasteiger partial charge in [-0.25, -0.2) is 0 Å². The van der Waals surface area contributed by atoms with E-state index < -0.39 is 0 Å². The number of amides is 1. The van der Waals surface area contributed by atoms with E-state index in [-0.39, 0.29) is 11.8 Å². The van der Waals surface area contributed by atoms with Crippen molar-refractivity contribution in [2.75, 3.05) is 19.7 Å². The number of ether oxygens (including phenoxy) is 1. The second-order valence-electron chi connectivity index (χ2n) is 7.29. The van der Waals surface area contributed by atoms with E-state index >= 15 is 0 Å². The van der Waals surface area contributed by atoms with Gasteiger partial charge in [0.15, 0.2) is 0 Å². The van der Waals surface area contributed by atoms with Crippen LogP contribution in [0.4, 0.5) is 0 Å². The Morgan fingerprint density at radius 1 is 1.04 bits per heavy atom. The number of fused-ring (bicyclic) bond motifs is 1. The van der Waals surface area contributed by atoms with Crippen molar-refractivity contribution in [2.45, 2.75) is 32.4 Å². The van der Waals surface area contributed by atoms with Crippen LogP contribution in [0.5, 0.6) is 5.75 Å². The van der Waals surface area contributed by atoms with Crippen molar-refractivity contribution in [2.24, 2.45) is 5.92 Å². The van der Waals surface area contributed by atoms with Gasteiger partial charge in [0.05, 0.1) is 5.92 Å². The van der Waals surface area contributed by atoms with Gasteiger partial charge in [-0.1, -0.05) is 42.5 Å². The van der Waals surface area contributed by atoms with Crippen LogP contribution in [0.1, 0.15) is 29.5 Å². The number of para-hydroxylation sites is 1. The molecule has 1 unspecified atom stereocenters. The number of carbonyl (C=O) groups is 1. The Hall–Kier alpha value is -2.33. The third-order valence-electron chi connectivity index (χ3n) is 5.41. The SMILES string of the molecule is O=C(NCc1ccccc1CN1CCCC1)C1COc2ccccc2C1. The number of hydrogen-bond donors (Lipinski definition) is 1. The summed E-state index contributed by atoms with van der Waals surface area (Å²) >= 11 is 0. The summed E-state index contributed by atoms with van der Waals surface area (Å²) < 4.78 is 5.75. The van der Waals surface area contributed by atoms with Crippen LogP contribution in [0.25, 0.3) is 0 Å². The maximum absolute atomic E-state index is 12.6. The molecule has 4 nitrogen and oxygen atoms in total. The summed E-state index contributed by atoms with van der Waals surface area (Å²) in [6.45, 7) is 4.38. The first-order chi connectivity index (χ1) is 12.8. The molecule has 1 amide bonds. The Kier molecular flexibility index (Phi) is 5.21. The summed E-state index contributed by atoms with van der Waals surface area (Å²) in [5, 5.41) is 3.13. The van der Waals surface area contributed by atoms with Gasteiger partial charge in [0, 0.05) is 13.1 Å². The molecule has 2 aliphatic heterocycles. The number of rotatable bonds is 5. The third kappa shape index (κ3) is 3.91. The molecule has 4 rings (SSSR count). The van der Waals surface area contributed by atoms with Crippen LogP contribution in [0.2, 0.25) is 0 Å². The Morgan fingerprint density at radius 3 is 2.62 bits per heavy atom. The number of carbonyl (C=O) groups excluding carboxylic acids is 1. The van der Waals surface area contributed by atoms with Crippen molar-refractivity contribution in [3.05, 3.63) is 65.2 Å². The highest BCUT2D eigenvalue weighted by Crippen LogP contribution is 2.27. The maximum atomic E-state index is 12.6. The largest absolute Gasteiger partial charge is 0.492 e. The highest BCUT2D eigenvalue weighted by Gasteiger charge is 2.25. The zero-order chi connectivity index (χ0) is 17.8. The van der Waals surface area contributed by atoms with E-state index in [0.29, 0.717) is 13.2 Å². The monoisotopic (exact) mass is 350 g/mol. The van der Waals surface area contributed by atoms with Gasteiger partial charge < -0.3 is 10.1 Å². The molecule has 4 heteroatoms. The molecule has 1 atom stereocenters. The topological polar surface area (TPSA) is 41.6 Å². The quantitative estimate of drug-likeness (QED) is 0.901. The first kappa shape index (κ1) is 17.1. The second-order valence-corrected chi connectivity index (χ2v) is 7.29. The summed E-state index contributed by atoms with van der Waals surface area (Å²) in [4.78, 5) is 15.1. The zero-order valence-corrected chi connectivity index (χ0v) is 15.1. The highest BCUT2D eigenvalue weighted by atomic mass is 16.5. The van der Waals surface area contributed by atoms with E-state index in [0.717, 1.165) is 24.3 Å². The average molecular weight is 350 g/mol. The molecule has 2 aliphatic rings. The number of likely N-dealkylation sites (tertiary alicyclic amines) is 1. The fraction of sp³-hybridized carbons (Fsp3) is 0.409. The smallest absolute Gasteiger partial charge is 0.227 e. The van der Waals surface area contributed by atoms with Crippen LogP contribution in [0, 0.1) is 5.92 Å². The molecule has 1 saturated heterocycles. The van der Waals surface area contributed by atoms with Crippen molar-refractivity contribution in [1.29, 1.82) is 0 Å². The summed E-state index contributed by atoms with van der Waals surface area (Å²) in [7, 11) is 0. The number of nitrogens with zero attached hydrogens (tertiary/aromatic N) is 1. The van der Waals surface area contributed by atoms with Crippen molar-refractivity contribution in [3.8, 4) is 5.75 Å². The van der Waals surface area contributed by atoms with Crippen LogP contribution >= 0.6 is 0 Å². The van der Waals surface area contributed by atoms with E-state index in [1.165, 1.54) is 37.1 Å². The van der Waals surface area contributed by atoms with Gasteiger partial charge in [0.1, 0.15) is 12.4 Å². The number of hydrogen-bond acceptors (Lipinski definition) is 3. The van der Waals surface area contributed by atoms with Crippen LogP contribution in [0.3, 0.4) is 0 Å². The summed E-state index contributed by atoms with van der Waals surface area (Å²) in [5.41, 5.74) is 3.65. The van der Waals surface area contributed by atoms with Gasteiger partial charge in [-0.2, -0.15) is 0 Å². The minimum Gasteiger partial charge on any atom is -0.492 e. The molecule has 0 aromatic heterocycles. The molecule has 26 heavy (non-hydrogen) atoms. The summed E-state index contributed by atoms with van der Waals surface area (Å²) in [6.07, 6.45) is 3.33. The lowest BCUT2D eigenvalue weighted by Gasteiger charge is -2.25. The predicted molar refractivity (Wildman–Crippen MR) is 102 cm³/mol. The van der Waals surface area contributed by atoms with E-state index in [1.807, 2.05) is 24.3 Å². The van der Waals surface area contributed by atoms with Gasteiger partial charge >= 0.3 is 0 Å². The van der Waals surface area contributed by atoms with Crippen LogP contribution in [-0.4, -0.2) is 30.5 Å². The number of benzene rings is 2. The molecule has 136 valence electrons. The molecule has 0 bridgehead atoms. The van der Waals surface area contributed by atoms with Crippen LogP contribution in [0.15, 0.2) is 48.5 Å². The Morgan fingerprint density at radius 2 is 1.77 bits per heavy atom. The van der Waals surface area contributed by atoms with Crippen molar-refractivity contribution < 1.29 is 9.53 Å². The normalized spacial score (nSPS) is 19.6. The fourth-order valence-corrected chi connectivity index (χ4v) is 3.89. The summed E-state index contributed by atoms with van der Waals surface area (Å²) in [6, 6.07) is 16.4. The van der Waals surface area contributed by atoms with Gasteiger partial charge in [-0.3, -0.25) is 9.69 Å². The molecule has 2 aromatic carbocycles. The molecule has 2 heterocycles. The zero-order valence-electron chi connectivity index (χ0n) is 15.1. The average Bonchev–Trinajstić information content (AvgIpc) is 3.20. The maximum Gasteiger partial charge on any atom is 0.227 e. The van der Waals surface area contributed by atoms with Crippen molar-refractivity contribution in [3.63, 3.8) is 0 Å². The van der Waals surface area contributed by atoms with E-state index in [9.17, 15) is 4.79 Å². The van der Waals surface area contributed by atoms with E-state index in [4.69, 9.17) is 4.74 Å². The highest BCUT2D eigenvalue weighted by molar-refractivity contribution is 5.79. The summed E-state index contributed by atoms with van der Waals surface area (Å²) in [5.74, 6) is 0.874. The fourth-order valence-electron chi connectivity index (χ4n) is 3.89. The molecule has 0 spiro atoms. The van der Waals surface area contributed by atoms with Gasteiger partial charge in [-0.05, 0) is 55.1 Å². The molecule has 1 fully saturated rings. The Balaban J connectivity index is 1.36. The van der Waals surface area contributed by atoms with Crippen LogP contribution in [-0.2, 0) is 24.3 Å². The van der Waals surface area contributed by atoms with Gasteiger partial charge in [0.25, 0.3) is 0 Å². The first-order valence-electron chi connectivity index (χ1n) is 9.57. The van der Waals surface area contributed by atoms with E-state index in [2.05, 4.69) is 34.5 Å². The lowest BCUT2D eigenvalue weighted by Crippen LogP contribution is -2.37. The number of nitrogens with one attached hydrogen (secondary N) is 1. The molecule has 0 aliphatic carbocycles. The van der Waals surface area contributed by atoms with Crippen molar-refractivity contribution in [1.82, 2.24) is 10.2 Å². The van der Waals surface area contributed by atoms with E-state index in [1.54, 1.807) is 0 Å². The standard InChI is InChI=1S/C22H26N2O2/c25-22(20-13-17-7-3-4-10-21(17)26-16-20)23-14-18-8-1-2-9-19(18)15-24-11-5-6-12-24/h1-4,7-10,20H,5-6,11-16H2,(H,23,25). The Bertz CT molecular complexity index is 768. The molecule has 2 aromatic rings. The lowest BCUT2D eigenvalue weighted by molar-refractivity contribution is -0.126. The van der Waals surface area contributed by atoms with Crippen molar-refractivity contribution >= 4 is 5.91 Å². The minimum atomic E-state index is -0.115. The lowest BCUT2D eigenvalue weighted by atomic mass is 9.96. The molecule has 0 saturated carbocycles.